The molecule has 0 aliphatic heterocycles. The Hall–Kier alpha value is -1.55. The third kappa shape index (κ3) is 3.23. The molecule has 4 nitrogen and oxygen atoms in total. The maximum atomic E-state index is 12.0. The van der Waals surface area contributed by atoms with Gasteiger partial charge in [-0.2, -0.15) is 0 Å². The van der Waals surface area contributed by atoms with Crippen molar-refractivity contribution in [3.63, 3.8) is 0 Å². The van der Waals surface area contributed by atoms with Crippen LogP contribution in [0.3, 0.4) is 0 Å². The summed E-state index contributed by atoms with van der Waals surface area (Å²) < 4.78 is 5.01. The van der Waals surface area contributed by atoms with E-state index in [9.17, 15) is 9.59 Å². The summed E-state index contributed by atoms with van der Waals surface area (Å²) >= 11 is 5.85. The van der Waals surface area contributed by atoms with Crippen LogP contribution in [0.4, 0.5) is 0 Å². The third-order valence-electron chi connectivity index (χ3n) is 2.65. The van der Waals surface area contributed by atoms with E-state index in [0.29, 0.717) is 16.3 Å². The van der Waals surface area contributed by atoms with Crippen molar-refractivity contribution in [3.8, 4) is 5.75 Å². The van der Waals surface area contributed by atoms with Crippen molar-refractivity contribution < 1.29 is 19.4 Å². The fourth-order valence-electron chi connectivity index (χ4n) is 1.41. The molecule has 0 unspecified atom stereocenters. The van der Waals surface area contributed by atoms with Crippen LogP contribution >= 0.6 is 11.6 Å². The second kappa shape index (κ2) is 5.40. The van der Waals surface area contributed by atoms with Crippen LogP contribution in [0.1, 0.15) is 30.6 Å². The van der Waals surface area contributed by atoms with Crippen molar-refractivity contribution in [1.82, 2.24) is 0 Å². The van der Waals surface area contributed by atoms with E-state index < -0.39 is 11.4 Å². The fraction of sp³-hybridized carbons (Fsp3) is 0.385. The predicted octanol–water partition coefficient (Wildman–Crippen LogP) is 3.03. The number of carbonyl (C=O) groups is 2. The SMILES string of the molecule is COc1cc(C(=O)CC(C)(C)C(=O)O)ccc1Cl. The van der Waals surface area contributed by atoms with E-state index in [4.69, 9.17) is 21.4 Å². The predicted molar refractivity (Wildman–Crippen MR) is 68.4 cm³/mol. The van der Waals surface area contributed by atoms with Gasteiger partial charge in [0.1, 0.15) is 5.75 Å². The van der Waals surface area contributed by atoms with Crippen molar-refractivity contribution in [2.45, 2.75) is 20.3 Å². The molecule has 0 amide bonds. The monoisotopic (exact) mass is 270 g/mol. The molecule has 5 heteroatoms. The van der Waals surface area contributed by atoms with Crippen molar-refractivity contribution in [1.29, 1.82) is 0 Å². The van der Waals surface area contributed by atoms with Gasteiger partial charge in [-0.15, -0.1) is 0 Å². The first-order chi connectivity index (χ1) is 8.27. The van der Waals surface area contributed by atoms with E-state index in [2.05, 4.69) is 0 Å². The smallest absolute Gasteiger partial charge is 0.309 e. The molecular weight excluding hydrogens is 256 g/mol. The summed E-state index contributed by atoms with van der Waals surface area (Å²) in [6.45, 7) is 3.03. The Morgan fingerprint density at radius 1 is 1.39 bits per heavy atom. The summed E-state index contributed by atoms with van der Waals surface area (Å²) in [5, 5.41) is 9.39. The van der Waals surface area contributed by atoms with Crippen molar-refractivity contribution >= 4 is 23.4 Å². The number of aliphatic carboxylic acids is 1. The molecule has 0 saturated carbocycles. The molecule has 18 heavy (non-hydrogen) atoms. The summed E-state index contributed by atoms with van der Waals surface area (Å²) in [5.41, 5.74) is -0.699. The Morgan fingerprint density at radius 3 is 2.50 bits per heavy atom. The Kier molecular flexibility index (Phi) is 4.35. The quantitative estimate of drug-likeness (QED) is 0.836. The van der Waals surface area contributed by atoms with Crippen molar-refractivity contribution in [2.24, 2.45) is 5.41 Å². The minimum absolute atomic E-state index is 0.0763. The standard InChI is InChI=1S/C13H15ClO4/c1-13(2,12(16)17)7-10(15)8-4-5-9(14)11(6-8)18-3/h4-6H,7H2,1-3H3,(H,16,17). The number of carboxylic acid groups (broad SMARTS) is 1. The van der Waals surface area contributed by atoms with Crippen LogP contribution in [0, 0.1) is 5.41 Å². The lowest BCUT2D eigenvalue weighted by atomic mass is 9.86. The number of ether oxygens (including phenoxy) is 1. The number of Topliss-reactive ketones (excluding diaryl/α,β-unsaturated/α-hetero) is 1. The van der Waals surface area contributed by atoms with Crippen LogP contribution in [0.5, 0.6) is 5.75 Å². The van der Waals surface area contributed by atoms with Gasteiger partial charge in [0.25, 0.3) is 0 Å². The molecule has 0 aromatic heterocycles. The number of rotatable bonds is 5. The number of halogens is 1. The summed E-state index contributed by atoms with van der Waals surface area (Å²) in [4.78, 5) is 22.9. The van der Waals surface area contributed by atoms with Gasteiger partial charge in [0.05, 0.1) is 17.5 Å². The van der Waals surface area contributed by atoms with Crippen LogP contribution in [0.2, 0.25) is 5.02 Å². The van der Waals surface area contributed by atoms with Crippen LogP contribution in [-0.4, -0.2) is 24.0 Å². The Balaban J connectivity index is 2.95. The number of benzene rings is 1. The molecular formula is C13H15ClO4. The molecule has 0 aliphatic carbocycles. The lowest BCUT2D eigenvalue weighted by Crippen LogP contribution is -2.26. The van der Waals surface area contributed by atoms with E-state index in [1.807, 2.05) is 0 Å². The Morgan fingerprint density at radius 2 is 2.00 bits per heavy atom. The highest BCUT2D eigenvalue weighted by Gasteiger charge is 2.30. The second-order valence-electron chi connectivity index (χ2n) is 4.64. The average Bonchev–Trinajstić information content (AvgIpc) is 2.28. The van der Waals surface area contributed by atoms with E-state index in [0.717, 1.165) is 0 Å². The highest BCUT2D eigenvalue weighted by molar-refractivity contribution is 6.32. The van der Waals surface area contributed by atoms with Gasteiger partial charge in [-0.1, -0.05) is 11.6 Å². The van der Waals surface area contributed by atoms with Crippen LogP contribution in [-0.2, 0) is 4.79 Å². The summed E-state index contributed by atoms with van der Waals surface area (Å²) in [6.07, 6.45) is -0.0763. The molecule has 0 saturated heterocycles. The van der Waals surface area contributed by atoms with Gasteiger partial charge in [0, 0.05) is 12.0 Å². The first-order valence-corrected chi connectivity index (χ1v) is 5.76. The Bertz CT molecular complexity index is 480. The minimum Gasteiger partial charge on any atom is -0.495 e. The highest BCUT2D eigenvalue weighted by Crippen LogP contribution is 2.28. The number of carbonyl (C=O) groups excluding carboxylic acids is 1. The topological polar surface area (TPSA) is 63.6 Å². The van der Waals surface area contributed by atoms with Gasteiger partial charge in [0.15, 0.2) is 5.78 Å². The molecule has 0 bridgehead atoms. The summed E-state index contributed by atoms with van der Waals surface area (Å²) in [6, 6.07) is 4.63. The Labute approximate surface area is 111 Å². The van der Waals surface area contributed by atoms with Crippen LogP contribution < -0.4 is 4.74 Å². The molecule has 98 valence electrons. The van der Waals surface area contributed by atoms with E-state index >= 15 is 0 Å². The number of ketones is 1. The maximum absolute atomic E-state index is 12.0. The summed E-state index contributed by atoms with van der Waals surface area (Å²) in [7, 11) is 1.46. The molecule has 0 radical (unpaired) electrons. The zero-order valence-electron chi connectivity index (χ0n) is 10.5. The number of hydrogen-bond donors (Lipinski definition) is 1. The van der Waals surface area contributed by atoms with Gasteiger partial charge in [0.2, 0.25) is 0 Å². The first kappa shape index (κ1) is 14.5. The molecule has 0 aliphatic rings. The second-order valence-corrected chi connectivity index (χ2v) is 5.05. The lowest BCUT2D eigenvalue weighted by Gasteiger charge is -2.18. The minimum atomic E-state index is -1.09. The van der Waals surface area contributed by atoms with Gasteiger partial charge in [-0.3, -0.25) is 9.59 Å². The largest absolute Gasteiger partial charge is 0.495 e. The molecule has 0 fully saturated rings. The zero-order chi connectivity index (χ0) is 13.9. The van der Waals surface area contributed by atoms with Gasteiger partial charge in [-0.25, -0.2) is 0 Å². The molecule has 0 atom stereocenters. The normalized spacial score (nSPS) is 11.1. The van der Waals surface area contributed by atoms with Gasteiger partial charge >= 0.3 is 5.97 Å². The number of hydrogen-bond acceptors (Lipinski definition) is 3. The molecule has 1 N–H and O–H groups in total. The van der Waals surface area contributed by atoms with E-state index in [1.165, 1.54) is 27.0 Å². The highest BCUT2D eigenvalue weighted by atomic mass is 35.5. The third-order valence-corrected chi connectivity index (χ3v) is 2.97. The van der Waals surface area contributed by atoms with Crippen LogP contribution in [0.25, 0.3) is 0 Å². The first-order valence-electron chi connectivity index (χ1n) is 5.38. The molecule has 0 spiro atoms. The fourth-order valence-corrected chi connectivity index (χ4v) is 1.61. The summed E-state index contributed by atoms with van der Waals surface area (Å²) in [5.74, 6) is -0.857. The lowest BCUT2D eigenvalue weighted by molar-refractivity contribution is -0.146. The molecule has 0 heterocycles. The van der Waals surface area contributed by atoms with E-state index in [1.54, 1.807) is 12.1 Å². The number of carboxylic acids is 1. The van der Waals surface area contributed by atoms with Gasteiger partial charge in [-0.05, 0) is 32.0 Å². The molecule has 1 aromatic rings. The zero-order valence-corrected chi connectivity index (χ0v) is 11.2. The van der Waals surface area contributed by atoms with Crippen molar-refractivity contribution in [2.75, 3.05) is 7.11 Å². The van der Waals surface area contributed by atoms with Gasteiger partial charge < -0.3 is 9.84 Å². The van der Waals surface area contributed by atoms with Crippen molar-refractivity contribution in [3.05, 3.63) is 28.8 Å². The molecule has 1 rings (SSSR count). The van der Waals surface area contributed by atoms with Crippen LogP contribution in [0.15, 0.2) is 18.2 Å². The molecule has 1 aromatic carbocycles. The average molecular weight is 271 g/mol. The number of methoxy groups -OCH3 is 1. The maximum Gasteiger partial charge on any atom is 0.309 e. The van der Waals surface area contributed by atoms with E-state index in [-0.39, 0.29) is 12.2 Å².